The van der Waals surface area contributed by atoms with Crippen LogP contribution >= 0.6 is 22.5 Å². The van der Waals surface area contributed by atoms with Gasteiger partial charge in [-0.15, -0.1) is 0 Å². The lowest BCUT2D eigenvalue weighted by atomic mass is 10.3. The van der Waals surface area contributed by atoms with Crippen molar-refractivity contribution in [3.8, 4) is 0 Å². The van der Waals surface area contributed by atoms with Crippen molar-refractivity contribution in [2.45, 2.75) is 119 Å². The third-order valence-electron chi connectivity index (χ3n) is 5.95. The Kier molecular flexibility index (Phi) is 19.5. The first-order chi connectivity index (χ1) is 17.5. The third-order valence-corrected chi connectivity index (χ3v) is 16.2. The molecule has 0 fully saturated rings. The largest absolute Gasteiger partial charge is 0.253 e. The molecule has 0 aromatic rings. The Bertz CT molecular complexity index is 574. The average Bonchev–Trinajstić information content (AvgIpc) is 2.85. The molecule has 0 amide bonds. The van der Waals surface area contributed by atoms with Gasteiger partial charge in [-0.2, -0.15) is 13.5 Å². The van der Waals surface area contributed by atoms with Crippen LogP contribution < -0.4 is 30.5 Å². The zero-order valence-corrected chi connectivity index (χ0v) is 27.1. The molecule has 0 saturated carbocycles. The molecule has 6 N–H and O–H groups in total. The minimum atomic E-state index is -2.38. The smallest absolute Gasteiger partial charge is 0.215 e. The molecule has 0 spiro atoms. The van der Waals surface area contributed by atoms with Crippen LogP contribution in [0.25, 0.3) is 0 Å². The lowest BCUT2D eigenvalue weighted by Gasteiger charge is -2.38. The van der Waals surface area contributed by atoms with Crippen molar-refractivity contribution in [1.82, 2.24) is 30.5 Å². The average molecular weight is 568 g/mol. The summed E-state index contributed by atoms with van der Waals surface area (Å²) < 4.78 is 16.7. The minimum absolute atomic E-state index is 0.921. The first-order valence-electron chi connectivity index (χ1n) is 14.9. The molecule has 1 aliphatic rings. The van der Waals surface area contributed by atoms with Gasteiger partial charge >= 0.3 is 0 Å². The van der Waals surface area contributed by atoms with E-state index in [1.807, 2.05) is 0 Å². The standard InChI is InChI=1S/C24H60N9P3/c1-7-13-19-25-34(26-20-14-8-2)31-35(27-21-15-9-3,28-22-16-10-4)33-36(32-34,29-23-17-11-5)30-24-18-12-6/h25-30H,7-24H2,1-6H3. The number of nitrogens with one attached hydrogen (secondary N) is 6. The van der Waals surface area contributed by atoms with Gasteiger partial charge in [-0.1, -0.05) is 80.1 Å². The molecule has 0 atom stereocenters. The van der Waals surface area contributed by atoms with Crippen LogP contribution in [0.3, 0.4) is 0 Å². The molecule has 9 nitrogen and oxygen atoms in total. The summed E-state index contributed by atoms with van der Waals surface area (Å²) in [7, 11) is -7.15. The van der Waals surface area contributed by atoms with E-state index in [2.05, 4.69) is 72.1 Å². The highest BCUT2D eigenvalue weighted by molar-refractivity contribution is 7.83. The van der Waals surface area contributed by atoms with Crippen LogP contribution in [0.2, 0.25) is 0 Å². The molecule has 0 unspecified atom stereocenters. The third kappa shape index (κ3) is 13.0. The van der Waals surface area contributed by atoms with E-state index in [1.165, 1.54) is 0 Å². The summed E-state index contributed by atoms with van der Waals surface area (Å²) in [5, 5.41) is 23.2. The first kappa shape index (κ1) is 34.5. The number of rotatable bonds is 24. The highest BCUT2D eigenvalue weighted by atomic mass is 31.3. The quantitative estimate of drug-likeness (QED) is 0.0519. The van der Waals surface area contributed by atoms with E-state index in [-0.39, 0.29) is 0 Å². The topological polar surface area (TPSA) is 109 Å². The van der Waals surface area contributed by atoms with Crippen molar-refractivity contribution in [3.63, 3.8) is 0 Å². The van der Waals surface area contributed by atoms with Gasteiger partial charge in [0.1, 0.15) is 0 Å². The maximum Gasteiger partial charge on any atom is 0.215 e. The lowest BCUT2D eigenvalue weighted by molar-refractivity contribution is 0.723. The molecular weight excluding hydrogens is 507 g/mol. The van der Waals surface area contributed by atoms with E-state index in [4.69, 9.17) is 13.5 Å². The summed E-state index contributed by atoms with van der Waals surface area (Å²) in [6, 6.07) is 0. The molecule has 0 aliphatic carbocycles. The van der Waals surface area contributed by atoms with Crippen molar-refractivity contribution in [2.75, 3.05) is 39.3 Å². The van der Waals surface area contributed by atoms with E-state index in [0.29, 0.717) is 0 Å². The van der Waals surface area contributed by atoms with Gasteiger partial charge in [0.2, 0.25) is 22.5 Å². The molecular formula is C24H60N9P3. The summed E-state index contributed by atoms with van der Waals surface area (Å²) in [6.45, 7) is 19.0. The van der Waals surface area contributed by atoms with Crippen LogP contribution in [0.5, 0.6) is 0 Å². The van der Waals surface area contributed by atoms with E-state index in [0.717, 1.165) is 116 Å². The highest BCUT2D eigenvalue weighted by Crippen LogP contribution is 2.70. The predicted molar refractivity (Wildman–Crippen MR) is 166 cm³/mol. The second-order valence-corrected chi connectivity index (χ2v) is 17.3. The van der Waals surface area contributed by atoms with Crippen LogP contribution in [0.1, 0.15) is 119 Å². The molecule has 0 aromatic carbocycles. The summed E-state index contributed by atoms with van der Waals surface area (Å²) in [4.78, 5) is 0. The van der Waals surface area contributed by atoms with Gasteiger partial charge in [-0.05, 0) is 38.5 Å². The minimum Gasteiger partial charge on any atom is -0.253 e. The summed E-state index contributed by atoms with van der Waals surface area (Å²) >= 11 is 0. The molecule has 12 heteroatoms. The Morgan fingerprint density at radius 1 is 0.333 bits per heavy atom. The molecule has 1 aliphatic heterocycles. The molecule has 1 rings (SSSR count). The zero-order valence-electron chi connectivity index (χ0n) is 24.4. The monoisotopic (exact) mass is 567 g/mol. The Balaban J connectivity index is 3.72. The van der Waals surface area contributed by atoms with Crippen LogP contribution in [-0.4, -0.2) is 39.3 Å². The maximum absolute atomic E-state index is 5.58. The Hall–Kier alpha value is 0.450. The van der Waals surface area contributed by atoms with E-state index in [1.54, 1.807) is 0 Å². The fraction of sp³-hybridized carbons (Fsp3) is 1.00. The van der Waals surface area contributed by atoms with Crippen molar-refractivity contribution in [1.29, 1.82) is 0 Å². The van der Waals surface area contributed by atoms with Crippen LogP contribution in [0.15, 0.2) is 13.5 Å². The highest BCUT2D eigenvalue weighted by Gasteiger charge is 2.36. The number of hydrogen-bond donors (Lipinski definition) is 6. The molecule has 0 radical (unpaired) electrons. The van der Waals surface area contributed by atoms with E-state index in [9.17, 15) is 0 Å². The molecule has 0 bridgehead atoms. The first-order valence-corrected chi connectivity index (χ1v) is 20.0. The van der Waals surface area contributed by atoms with Crippen LogP contribution in [0, 0.1) is 0 Å². The second-order valence-electron chi connectivity index (χ2n) is 9.64. The van der Waals surface area contributed by atoms with Gasteiger partial charge in [0.05, 0.1) is 0 Å². The molecule has 1 heterocycles. The number of unbranched alkanes of at least 4 members (excludes halogenated alkanes) is 6. The Morgan fingerprint density at radius 3 is 0.639 bits per heavy atom. The fourth-order valence-electron chi connectivity index (χ4n) is 3.63. The molecule has 216 valence electrons. The van der Waals surface area contributed by atoms with Gasteiger partial charge in [0.15, 0.2) is 0 Å². The van der Waals surface area contributed by atoms with Crippen molar-refractivity contribution in [2.24, 2.45) is 13.5 Å². The Morgan fingerprint density at radius 2 is 0.500 bits per heavy atom. The van der Waals surface area contributed by atoms with Crippen LogP contribution in [-0.2, 0) is 0 Å². The van der Waals surface area contributed by atoms with Gasteiger partial charge < -0.3 is 0 Å². The van der Waals surface area contributed by atoms with Crippen molar-refractivity contribution in [3.05, 3.63) is 0 Å². The maximum atomic E-state index is 5.58. The van der Waals surface area contributed by atoms with Gasteiger partial charge in [0, 0.05) is 39.3 Å². The normalized spacial score (nSPS) is 17.8. The van der Waals surface area contributed by atoms with Gasteiger partial charge in [-0.25, -0.2) is 0 Å². The SMILES string of the molecule is CCCCNP1(NCCCC)=NP(NCCCC)(NCCCC)=NP(NCCCC)(NCCCC)=N1. The fourth-order valence-corrected chi connectivity index (χ4v) is 15.7. The van der Waals surface area contributed by atoms with E-state index < -0.39 is 22.5 Å². The molecule has 0 aromatic heterocycles. The lowest BCUT2D eigenvalue weighted by Crippen LogP contribution is -2.32. The van der Waals surface area contributed by atoms with Crippen LogP contribution in [0.4, 0.5) is 0 Å². The summed E-state index contributed by atoms with van der Waals surface area (Å²) in [6.07, 6.45) is 13.6. The number of hydrogen-bond acceptors (Lipinski definition) is 9. The summed E-state index contributed by atoms with van der Waals surface area (Å²) in [5.74, 6) is 0. The van der Waals surface area contributed by atoms with Crippen molar-refractivity contribution < 1.29 is 0 Å². The van der Waals surface area contributed by atoms with Gasteiger partial charge in [-0.3, -0.25) is 30.5 Å². The predicted octanol–water partition coefficient (Wildman–Crippen LogP) is 8.18. The molecule has 0 saturated heterocycles. The Labute approximate surface area is 224 Å². The molecule has 36 heavy (non-hydrogen) atoms. The number of nitrogens with zero attached hydrogens (tertiary/aromatic N) is 3. The van der Waals surface area contributed by atoms with E-state index >= 15 is 0 Å². The second kappa shape index (κ2) is 20.4. The van der Waals surface area contributed by atoms with Gasteiger partial charge in [0.25, 0.3) is 0 Å². The zero-order chi connectivity index (χ0) is 26.6. The summed E-state index contributed by atoms with van der Waals surface area (Å²) in [5.41, 5.74) is 0. The van der Waals surface area contributed by atoms with Crippen molar-refractivity contribution >= 4 is 22.5 Å².